The predicted octanol–water partition coefficient (Wildman–Crippen LogP) is 0.697. The van der Waals surface area contributed by atoms with Gasteiger partial charge in [0.15, 0.2) is 0 Å². The van der Waals surface area contributed by atoms with E-state index in [-0.39, 0.29) is 6.61 Å². The third-order valence-electron chi connectivity index (χ3n) is 3.14. The van der Waals surface area contributed by atoms with Crippen molar-refractivity contribution in [2.45, 2.75) is 26.5 Å². The number of hydrogen-bond acceptors (Lipinski definition) is 5. The van der Waals surface area contributed by atoms with Crippen LogP contribution in [0.3, 0.4) is 0 Å². The highest BCUT2D eigenvalue weighted by molar-refractivity contribution is 5.28. The van der Waals surface area contributed by atoms with Crippen LogP contribution in [-0.4, -0.2) is 47.2 Å². The molecule has 0 spiro atoms. The van der Waals surface area contributed by atoms with Crippen molar-refractivity contribution in [2.75, 3.05) is 31.1 Å². The van der Waals surface area contributed by atoms with Crippen LogP contribution in [-0.2, 0) is 6.61 Å². The second-order valence-electron chi connectivity index (χ2n) is 4.20. The third-order valence-corrected chi connectivity index (χ3v) is 3.14. The Morgan fingerprint density at radius 1 is 1.56 bits per heavy atom. The quantitative estimate of drug-likeness (QED) is 0.820. The van der Waals surface area contributed by atoms with Gasteiger partial charge in [-0.25, -0.2) is 0 Å². The van der Waals surface area contributed by atoms with E-state index in [9.17, 15) is 0 Å². The molecule has 2 heterocycles. The highest BCUT2D eigenvalue weighted by Crippen LogP contribution is 2.18. The molecule has 1 N–H and O–H groups in total. The minimum absolute atomic E-state index is 0.0615. The van der Waals surface area contributed by atoms with Gasteiger partial charge in [-0.3, -0.25) is 4.90 Å². The van der Waals surface area contributed by atoms with Crippen molar-refractivity contribution in [3.05, 3.63) is 12.0 Å². The maximum Gasteiger partial charge on any atom is 0.297 e. The zero-order chi connectivity index (χ0) is 11.5. The van der Waals surface area contributed by atoms with E-state index in [1.807, 2.05) is 0 Å². The average molecular weight is 225 g/mol. The minimum atomic E-state index is -0.0615. The number of aliphatic hydroxyl groups excluding tert-OH is 1. The molecule has 2 rings (SSSR count). The van der Waals surface area contributed by atoms with Gasteiger partial charge < -0.3 is 14.4 Å². The summed E-state index contributed by atoms with van der Waals surface area (Å²) in [5.41, 5.74) is 0.598. The molecule has 0 bridgehead atoms. The van der Waals surface area contributed by atoms with Crippen molar-refractivity contribution in [3.63, 3.8) is 0 Å². The van der Waals surface area contributed by atoms with Crippen molar-refractivity contribution >= 4 is 6.01 Å². The van der Waals surface area contributed by atoms with Gasteiger partial charge in [0.25, 0.3) is 6.01 Å². The van der Waals surface area contributed by atoms with Gasteiger partial charge in [0, 0.05) is 25.7 Å². The standard InChI is InChI=1S/C11H19N3O2/c1-3-13-4-5-14(6-9(13)2)11-12-10(7-15)8-16-11/h8-9,15H,3-7H2,1-2H3. The third kappa shape index (κ3) is 2.20. The first-order chi connectivity index (χ1) is 7.74. The highest BCUT2D eigenvalue weighted by Gasteiger charge is 2.24. The summed E-state index contributed by atoms with van der Waals surface area (Å²) in [6.45, 7) is 8.32. The Hall–Kier alpha value is -1.07. The molecule has 0 saturated carbocycles. The molecule has 1 aliphatic heterocycles. The number of hydrogen-bond donors (Lipinski definition) is 1. The number of anilines is 1. The van der Waals surface area contributed by atoms with Crippen molar-refractivity contribution in [1.29, 1.82) is 0 Å². The first kappa shape index (κ1) is 11.4. The van der Waals surface area contributed by atoms with E-state index in [2.05, 4.69) is 28.6 Å². The molecular weight excluding hydrogens is 206 g/mol. The van der Waals surface area contributed by atoms with Crippen LogP contribution < -0.4 is 4.90 Å². The molecule has 0 amide bonds. The molecule has 0 radical (unpaired) electrons. The van der Waals surface area contributed by atoms with E-state index >= 15 is 0 Å². The summed E-state index contributed by atoms with van der Waals surface area (Å²) < 4.78 is 5.35. The molecular formula is C11H19N3O2. The first-order valence-corrected chi connectivity index (χ1v) is 5.78. The molecule has 1 saturated heterocycles. The Kier molecular flexibility index (Phi) is 3.46. The Bertz CT molecular complexity index is 340. The smallest absolute Gasteiger partial charge is 0.297 e. The fourth-order valence-corrected chi connectivity index (χ4v) is 2.15. The topological polar surface area (TPSA) is 52.7 Å². The van der Waals surface area contributed by atoms with Crippen LogP contribution >= 0.6 is 0 Å². The molecule has 5 heteroatoms. The van der Waals surface area contributed by atoms with Crippen LogP contribution in [0.4, 0.5) is 6.01 Å². The van der Waals surface area contributed by atoms with E-state index < -0.39 is 0 Å². The number of rotatable bonds is 3. The van der Waals surface area contributed by atoms with Gasteiger partial charge in [-0.05, 0) is 13.5 Å². The molecule has 1 aromatic rings. The van der Waals surface area contributed by atoms with Crippen LogP contribution in [0.2, 0.25) is 0 Å². The highest BCUT2D eigenvalue weighted by atomic mass is 16.4. The van der Waals surface area contributed by atoms with Gasteiger partial charge in [-0.1, -0.05) is 6.92 Å². The van der Waals surface area contributed by atoms with Gasteiger partial charge >= 0.3 is 0 Å². The second-order valence-corrected chi connectivity index (χ2v) is 4.20. The molecule has 1 atom stereocenters. The lowest BCUT2D eigenvalue weighted by molar-refractivity contribution is 0.195. The first-order valence-electron chi connectivity index (χ1n) is 5.78. The lowest BCUT2D eigenvalue weighted by Gasteiger charge is -2.38. The van der Waals surface area contributed by atoms with E-state index in [0.29, 0.717) is 17.8 Å². The minimum Gasteiger partial charge on any atom is -0.432 e. The molecule has 1 unspecified atom stereocenters. The monoisotopic (exact) mass is 225 g/mol. The lowest BCUT2D eigenvalue weighted by Crippen LogP contribution is -2.51. The van der Waals surface area contributed by atoms with E-state index in [1.54, 1.807) is 0 Å². The van der Waals surface area contributed by atoms with E-state index in [4.69, 9.17) is 9.52 Å². The summed E-state index contributed by atoms with van der Waals surface area (Å²) in [7, 11) is 0. The summed E-state index contributed by atoms with van der Waals surface area (Å²) >= 11 is 0. The SMILES string of the molecule is CCN1CCN(c2nc(CO)co2)CC1C. The molecule has 1 fully saturated rings. The molecule has 1 aromatic heterocycles. The van der Waals surface area contributed by atoms with Gasteiger partial charge in [0.05, 0.1) is 6.61 Å². The van der Waals surface area contributed by atoms with Crippen molar-refractivity contribution in [3.8, 4) is 0 Å². The molecule has 16 heavy (non-hydrogen) atoms. The summed E-state index contributed by atoms with van der Waals surface area (Å²) in [5.74, 6) is 0. The van der Waals surface area contributed by atoms with Gasteiger partial charge in [-0.15, -0.1) is 0 Å². The molecule has 5 nitrogen and oxygen atoms in total. The lowest BCUT2D eigenvalue weighted by atomic mass is 10.2. The Morgan fingerprint density at radius 3 is 2.94 bits per heavy atom. The van der Waals surface area contributed by atoms with Gasteiger partial charge in [0.2, 0.25) is 0 Å². The summed E-state index contributed by atoms with van der Waals surface area (Å²) in [6.07, 6.45) is 1.52. The fraction of sp³-hybridized carbons (Fsp3) is 0.727. The summed E-state index contributed by atoms with van der Waals surface area (Å²) in [6, 6.07) is 1.15. The van der Waals surface area contributed by atoms with Crippen LogP contribution in [0.1, 0.15) is 19.5 Å². The number of likely N-dealkylation sites (N-methyl/N-ethyl adjacent to an activating group) is 1. The number of aromatic nitrogens is 1. The van der Waals surface area contributed by atoms with Gasteiger partial charge in [-0.2, -0.15) is 4.98 Å². The molecule has 0 aromatic carbocycles. The summed E-state index contributed by atoms with van der Waals surface area (Å²) in [4.78, 5) is 8.80. The van der Waals surface area contributed by atoms with Crippen LogP contribution in [0.25, 0.3) is 0 Å². The molecule has 90 valence electrons. The molecule has 1 aliphatic rings. The second kappa shape index (κ2) is 4.84. The summed E-state index contributed by atoms with van der Waals surface area (Å²) in [5, 5.41) is 8.93. The normalized spacial score (nSPS) is 22.7. The number of oxazole rings is 1. The van der Waals surface area contributed by atoms with E-state index in [1.165, 1.54) is 6.26 Å². The largest absolute Gasteiger partial charge is 0.432 e. The Labute approximate surface area is 95.7 Å². The van der Waals surface area contributed by atoms with E-state index in [0.717, 1.165) is 26.2 Å². The zero-order valence-electron chi connectivity index (χ0n) is 9.89. The van der Waals surface area contributed by atoms with Crippen molar-refractivity contribution in [1.82, 2.24) is 9.88 Å². The average Bonchev–Trinajstić information content (AvgIpc) is 2.77. The van der Waals surface area contributed by atoms with Gasteiger partial charge in [0.1, 0.15) is 12.0 Å². The van der Waals surface area contributed by atoms with Crippen LogP contribution in [0, 0.1) is 0 Å². The number of piperazine rings is 1. The maximum atomic E-state index is 8.93. The number of aliphatic hydroxyl groups is 1. The van der Waals surface area contributed by atoms with Crippen LogP contribution in [0.15, 0.2) is 10.7 Å². The van der Waals surface area contributed by atoms with Crippen LogP contribution in [0.5, 0.6) is 0 Å². The van der Waals surface area contributed by atoms with Crippen molar-refractivity contribution < 1.29 is 9.52 Å². The zero-order valence-corrected chi connectivity index (χ0v) is 9.89. The van der Waals surface area contributed by atoms with Crippen molar-refractivity contribution in [2.24, 2.45) is 0 Å². The fourth-order valence-electron chi connectivity index (χ4n) is 2.15. The molecule has 0 aliphatic carbocycles. The predicted molar refractivity (Wildman–Crippen MR) is 61.3 cm³/mol. The maximum absolute atomic E-state index is 8.93. The number of nitrogens with zero attached hydrogens (tertiary/aromatic N) is 3. The Morgan fingerprint density at radius 2 is 2.38 bits per heavy atom. The Balaban J connectivity index is 2.01.